The van der Waals surface area contributed by atoms with Crippen LogP contribution in [0.4, 0.5) is 4.39 Å². The van der Waals surface area contributed by atoms with Crippen LogP contribution in [0, 0.1) is 5.82 Å². The van der Waals surface area contributed by atoms with Crippen molar-refractivity contribution in [1.29, 1.82) is 0 Å². The van der Waals surface area contributed by atoms with Gasteiger partial charge < -0.3 is 0 Å². The van der Waals surface area contributed by atoms with Crippen LogP contribution >= 0.6 is 11.6 Å². The predicted molar refractivity (Wildman–Crippen MR) is 85.6 cm³/mol. The van der Waals surface area contributed by atoms with Crippen molar-refractivity contribution in [2.45, 2.75) is 13.5 Å². The minimum absolute atomic E-state index is 0.0107. The van der Waals surface area contributed by atoms with E-state index in [0.29, 0.717) is 27.7 Å². The fourth-order valence-electron chi connectivity index (χ4n) is 2.45. The Balaban J connectivity index is 2.28. The lowest BCUT2D eigenvalue weighted by Crippen LogP contribution is -2.05. The highest BCUT2D eigenvalue weighted by atomic mass is 35.5. The second-order valence-electron chi connectivity index (χ2n) is 4.68. The summed E-state index contributed by atoms with van der Waals surface area (Å²) in [6, 6.07) is 1.78. The highest BCUT2D eigenvalue weighted by Gasteiger charge is 2.21. The molecule has 1 aromatic carbocycles. The molecule has 0 bridgehead atoms. The van der Waals surface area contributed by atoms with E-state index in [4.69, 9.17) is 11.6 Å². The summed E-state index contributed by atoms with van der Waals surface area (Å²) in [7, 11) is 0. The Kier molecular flexibility index (Phi) is 3.77. The topological polar surface area (TPSA) is 58.9 Å². The summed E-state index contributed by atoms with van der Waals surface area (Å²) in [6.45, 7) is 5.56. The van der Waals surface area contributed by atoms with Gasteiger partial charge >= 0.3 is 0 Å². The molecule has 2 aromatic heterocycles. The zero-order valence-corrected chi connectivity index (χ0v) is 12.6. The molecule has 112 valence electrons. The first kappa shape index (κ1) is 14.5. The molecule has 5 nitrogen and oxygen atoms in total. The first-order valence-corrected chi connectivity index (χ1v) is 6.99. The fourth-order valence-corrected chi connectivity index (χ4v) is 2.76. The molecule has 3 rings (SSSR count). The van der Waals surface area contributed by atoms with Crippen LogP contribution in [0.1, 0.15) is 18.1 Å². The zero-order valence-electron chi connectivity index (χ0n) is 11.8. The molecule has 1 N–H and O–H groups in total. The molecule has 2 heterocycles. The van der Waals surface area contributed by atoms with Crippen molar-refractivity contribution in [3.8, 4) is 0 Å². The molecule has 0 aliphatic rings. The van der Waals surface area contributed by atoms with Crippen molar-refractivity contribution in [2.75, 3.05) is 0 Å². The van der Waals surface area contributed by atoms with Crippen LogP contribution in [0.25, 0.3) is 16.6 Å². The highest BCUT2D eigenvalue weighted by molar-refractivity contribution is 6.34. The number of nitrogens with one attached hydrogen (secondary N) is 1. The lowest BCUT2D eigenvalue weighted by Gasteiger charge is -2.12. The van der Waals surface area contributed by atoms with E-state index in [1.807, 2.05) is 0 Å². The Hall–Kier alpha value is -2.47. The van der Waals surface area contributed by atoms with Gasteiger partial charge in [0.25, 0.3) is 0 Å². The Bertz CT molecular complexity index is 864. The summed E-state index contributed by atoms with van der Waals surface area (Å²) in [4.78, 5) is 3.91. The average molecular weight is 318 g/mol. The molecular formula is C15H13ClFN5. The summed E-state index contributed by atoms with van der Waals surface area (Å²) < 4.78 is 16.4. The van der Waals surface area contributed by atoms with Gasteiger partial charge in [0.15, 0.2) is 0 Å². The standard InChI is InChI=1S/C15H13ClFN5/c1-3-11(18-2)12-9-7-19-21-15(9)10(14(17)13(12)16)8-22-6-4-5-20-22/h3-7H,2,8H2,1H3,(H,19,21)/b11-3-. The average Bonchev–Trinajstić information content (AvgIpc) is 3.19. The SMILES string of the molecule is C=N/C(=C\C)c1c(Cl)c(F)c(Cn2cccn2)c2[nH]ncc12. The van der Waals surface area contributed by atoms with Crippen molar-refractivity contribution < 1.29 is 4.39 Å². The molecule has 0 unspecified atom stereocenters. The smallest absolute Gasteiger partial charge is 0.149 e. The molecule has 7 heteroatoms. The van der Waals surface area contributed by atoms with Crippen molar-refractivity contribution in [1.82, 2.24) is 20.0 Å². The molecule has 0 atom stereocenters. The first-order chi connectivity index (χ1) is 10.7. The van der Waals surface area contributed by atoms with Crippen LogP contribution < -0.4 is 0 Å². The number of aliphatic imine (C=N–C) groups is 1. The van der Waals surface area contributed by atoms with Gasteiger partial charge in [-0.25, -0.2) is 4.39 Å². The van der Waals surface area contributed by atoms with Crippen LogP contribution in [0.2, 0.25) is 5.02 Å². The molecule has 0 amide bonds. The van der Waals surface area contributed by atoms with E-state index in [1.54, 1.807) is 42.3 Å². The molecule has 0 saturated carbocycles. The van der Waals surface area contributed by atoms with Gasteiger partial charge in [-0.3, -0.25) is 14.8 Å². The number of aromatic amines is 1. The van der Waals surface area contributed by atoms with Crippen LogP contribution in [-0.2, 0) is 6.54 Å². The van der Waals surface area contributed by atoms with Crippen LogP contribution in [0.15, 0.2) is 35.7 Å². The van der Waals surface area contributed by atoms with Gasteiger partial charge in [0, 0.05) is 28.9 Å². The number of benzene rings is 1. The van der Waals surface area contributed by atoms with E-state index < -0.39 is 5.82 Å². The first-order valence-electron chi connectivity index (χ1n) is 6.61. The largest absolute Gasteiger partial charge is 0.277 e. The second kappa shape index (κ2) is 5.73. The minimum Gasteiger partial charge on any atom is -0.277 e. The van der Waals surface area contributed by atoms with E-state index >= 15 is 0 Å². The molecule has 22 heavy (non-hydrogen) atoms. The number of H-pyrrole nitrogens is 1. The Morgan fingerprint density at radius 3 is 3.05 bits per heavy atom. The molecule has 0 aliphatic heterocycles. The van der Waals surface area contributed by atoms with Gasteiger partial charge in [0.2, 0.25) is 0 Å². The maximum Gasteiger partial charge on any atom is 0.149 e. The summed E-state index contributed by atoms with van der Waals surface area (Å²) >= 11 is 6.25. The number of halogens is 2. The van der Waals surface area contributed by atoms with Crippen LogP contribution in [-0.4, -0.2) is 26.7 Å². The van der Waals surface area contributed by atoms with Gasteiger partial charge in [-0.1, -0.05) is 17.7 Å². The number of hydrogen-bond donors (Lipinski definition) is 1. The zero-order chi connectivity index (χ0) is 15.7. The summed E-state index contributed by atoms with van der Waals surface area (Å²) in [5.41, 5.74) is 1.99. The summed E-state index contributed by atoms with van der Waals surface area (Å²) in [6.07, 6.45) is 6.73. The van der Waals surface area contributed by atoms with Crippen molar-refractivity contribution >= 4 is 34.9 Å². The third-order valence-corrected chi connectivity index (χ3v) is 3.82. The molecule has 0 spiro atoms. The minimum atomic E-state index is -0.507. The third-order valence-electron chi connectivity index (χ3n) is 3.47. The molecule has 3 aromatic rings. The maximum absolute atomic E-state index is 14.8. The molecule has 0 radical (unpaired) electrons. The quantitative estimate of drug-likeness (QED) is 0.746. The molecule has 0 saturated heterocycles. The monoisotopic (exact) mass is 317 g/mol. The maximum atomic E-state index is 14.8. The number of nitrogens with zero attached hydrogens (tertiary/aromatic N) is 4. The van der Waals surface area contributed by atoms with Crippen molar-refractivity contribution in [2.24, 2.45) is 4.99 Å². The second-order valence-corrected chi connectivity index (χ2v) is 5.05. The number of hydrogen-bond acceptors (Lipinski definition) is 3. The Morgan fingerprint density at radius 1 is 1.59 bits per heavy atom. The lowest BCUT2D eigenvalue weighted by atomic mass is 10.0. The van der Waals surface area contributed by atoms with Gasteiger partial charge in [-0.15, -0.1) is 0 Å². The van der Waals surface area contributed by atoms with Gasteiger partial charge in [0.1, 0.15) is 5.82 Å². The summed E-state index contributed by atoms with van der Waals surface area (Å²) in [5, 5.41) is 11.7. The molecule has 0 aliphatic carbocycles. The predicted octanol–water partition coefficient (Wildman–Crippen LogP) is 3.66. The van der Waals surface area contributed by atoms with E-state index in [-0.39, 0.29) is 11.6 Å². The molecular weight excluding hydrogens is 305 g/mol. The highest BCUT2D eigenvalue weighted by Crippen LogP contribution is 2.36. The number of rotatable bonds is 4. The van der Waals surface area contributed by atoms with E-state index in [2.05, 4.69) is 27.0 Å². The summed E-state index contributed by atoms with van der Waals surface area (Å²) in [5.74, 6) is -0.507. The lowest BCUT2D eigenvalue weighted by molar-refractivity contribution is 0.588. The molecule has 0 fully saturated rings. The van der Waals surface area contributed by atoms with Crippen LogP contribution in [0.5, 0.6) is 0 Å². The van der Waals surface area contributed by atoms with E-state index in [1.165, 1.54) is 0 Å². The normalized spacial score (nSPS) is 12.0. The number of aromatic nitrogens is 4. The van der Waals surface area contributed by atoms with Gasteiger partial charge in [-0.05, 0) is 19.7 Å². The van der Waals surface area contributed by atoms with Gasteiger partial charge in [0.05, 0.1) is 29.0 Å². The van der Waals surface area contributed by atoms with E-state index in [0.717, 1.165) is 0 Å². The van der Waals surface area contributed by atoms with Crippen molar-refractivity contribution in [3.63, 3.8) is 0 Å². The number of fused-ring (bicyclic) bond motifs is 1. The van der Waals surface area contributed by atoms with Crippen LogP contribution in [0.3, 0.4) is 0 Å². The fraction of sp³-hybridized carbons (Fsp3) is 0.133. The number of allylic oxidation sites excluding steroid dienone is 1. The van der Waals surface area contributed by atoms with Crippen molar-refractivity contribution in [3.05, 3.63) is 52.7 Å². The third kappa shape index (κ3) is 2.21. The van der Waals surface area contributed by atoms with E-state index in [9.17, 15) is 4.39 Å². The Morgan fingerprint density at radius 2 is 2.41 bits per heavy atom. The van der Waals surface area contributed by atoms with Gasteiger partial charge in [-0.2, -0.15) is 10.2 Å². The Labute approximate surface area is 131 Å².